The fourth-order valence-corrected chi connectivity index (χ4v) is 1.92. The van der Waals surface area contributed by atoms with Crippen molar-refractivity contribution in [2.24, 2.45) is 11.7 Å². The average Bonchev–Trinajstić information content (AvgIpc) is 2.26. The van der Waals surface area contributed by atoms with Gasteiger partial charge in [0.2, 0.25) is 5.91 Å². The van der Waals surface area contributed by atoms with Crippen LogP contribution in [0.3, 0.4) is 0 Å². The van der Waals surface area contributed by atoms with Gasteiger partial charge in [-0.05, 0) is 25.7 Å². The highest BCUT2D eigenvalue weighted by molar-refractivity contribution is 5.85. The SMILES string of the molecule is CC(C)CNC(=O)C(C)N1CCC(N)CC1.Cl. The second-order valence-corrected chi connectivity index (χ2v) is 5.19. The fourth-order valence-electron chi connectivity index (χ4n) is 1.92. The van der Waals surface area contributed by atoms with E-state index in [1.807, 2.05) is 6.92 Å². The second-order valence-electron chi connectivity index (χ2n) is 5.19. The van der Waals surface area contributed by atoms with E-state index in [0.29, 0.717) is 12.0 Å². The van der Waals surface area contributed by atoms with Gasteiger partial charge >= 0.3 is 0 Å². The van der Waals surface area contributed by atoms with Crippen LogP contribution in [0.15, 0.2) is 0 Å². The molecule has 1 unspecified atom stereocenters. The molecule has 102 valence electrons. The number of hydrogen-bond donors (Lipinski definition) is 2. The lowest BCUT2D eigenvalue weighted by Crippen LogP contribution is -2.50. The largest absolute Gasteiger partial charge is 0.354 e. The molecular weight excluding hydrogens is 238 g/mol. The van der Waals surface area contributed by atoms with E-state index >= 15 is 0 Å². The Bertz CT molecular complexity index is 228. The normalized spacial score (nSPS) is 19.8. The highest BCUT2D eigenvalue weighted by Gasteiger charge is 2.24. The predicted octanol–water partition coefficient (Wildman–Crippen LogP) is 0.992. The lowest BCUT2D eigenvalue weighted by atomic mass is 10.0. The molecule has 1 rings (SSSR count). The Kier molecular flexibility index (Phi) is 7.75. The van der Waals surface area contributed by atoms with E-state index in [4.69, 9.17) is 5.73 Å². The summed E-state index contributed by atoms with van der Waals surface area (Å²) in [5.74, 6) is 0.648. The Hall–Kier alpha value is -0.320. The Morgan fingerprint density at radius 3 is 2.35 bits per heavy atom. The number of amides is 1. The zero-order valence-corrected chi connectivity index (χ0v) is 11.9. The molecule has 0 saturated carbocycles. The molecule has 1 saturated heterocycles. The first kappa shape index (κ1) is 16.7. The van der Waals surface area contributed by atoms with Crippen molar-refractivity contribution < 1.29 is 4.79 Å². The first-order chi connectivity index (χ1) is 7.50. The molecule has 0 aliphatic carbocycles. The monoisotopic (exact) mass is 263 g/mol. The topological polar surface area (TPSA) is 58.4 Å². The maximum atomic E-state index is 11.8. The number of piperidine rings is 1. The molecule has 1 aliphatic rings. The van der Waals surface area contributed by atoms with E-state index in [0.717, 1.165) is 32.5 Å². The van der Waals surface area contributed by atoms with Gasteiger partial charge in [-0.3, -0.25) is 9.69 Å². The Balaban J connectivity index is 0.00000256. The molecule has 4 nitrogen and oxygen atoms in total. The molecule has 1 heterocycles. The average molecular weight is 264 g/mol. The van der Waals surface area contributed by atoms with Gasteiger partial charge in [0.05, 0.1) is 6.04 Å². The number of nitrogens with two attached hydrogens (primary N) is 1. The quantitative estimate of drug-likeness (QED) is 0.795. The number of nitrogens with one attached hydrogen (secondary N) is 1. The van der Waals surface area contributed by atoms with Gasteiger partial charge < -0.3 is 11.1 Å². The summed E-state index contributed by atoms with van der Waals surface area (Å²) in [5, 5.41) is 2.98. The zero-order valence-electron chi connectivity index (χ0n) is 11.1. The second kappa shape index (κ2) is 7.90. The first-order valence-electron chi connectivity index (χ1n) is 6.28. The number of carbonyl (C=O) groups excluding carboxylic acids is 1. The van der Waals surface area contributed by atoms with Gasteiger partial charge in [0.25, 0.3) is 0 Å². The van der Waals surface area contributed by atoms with Crippen molar-refractivity contribution in [1.29, 1.82) is 0 Å². The molecule has 1 aliphatic heterocycles. The highest BCUT2D eigenvalue weighted by atomic mass is 35.5. The van der Waals surface area contributed by atoms with Crippen LogP contribution < -0.4 is 11.1 Å². The Morgan fingerprint density at radius 2 is 1.88 bits per heavy atom. The number of hydrogen-bond acceptors (Lipinski definition) is 3. The summed E-state index contributed by atoms with van der Waals surface area (Å²) in [6.07, 6.45) is 2.00. The molecule has 1 fully saturated rings. The zero-order chi connectivity index (χ0) is 12.1. The van der Waals surface area contributed by atoms with Crippen LogP contribution in [0.1, 0.15) is 33.6 Å². The van der Waals surface area contributed by atoms with Crippen molar-refractivity contribution >= 4 is 18.3 Å². The molecular formula is C12H26ClN3O. The van der Waals surface area contributed by atoms with E-state index < -0.39 is 0 Å². The van der Waals surface area contributed by atoms with Gasteiger partial charge in [-0.15, -0.1) is 12.4 Å². The van der Waals surface area contributed by atoms with Gasteiger partial charge in [0.1, 0.15) is 0 Å². The maximum absolute atomic E-state index is 11.8. The van der Waals surface area contributed by atoms with Crippen molar-refractivity contribution in [3.8, 4) is 0 Å². The third kappa shape index (κ3) is 5.70. The summed E-state index contributed by atoms with van der Waals surface area (Å²) in [4.78, 5) is 14.1. The van der Waals surface area contributed by atoms with Gasteiger partial charge in [0.15, 0.2) is 0 Å². The van der Waals surface area contributed by atoms with Crippen molar-refractivity contribution in [3.05, 3.63) is 0 Å². The lowest BCUT2D eigenvalue weighted by Gasteiger charge is -2.34. The Morgan fingerprint density at radius 1 is 1.35 bits per heavy atom. The number of likely N-dealkylation sites (tertiary alicyclic amines) is 1. The molecule has 1 amide bonds. The van der Waals surface area contributed by atoms with Crippen LogP contribution >= 0.6 is 12.4 Å². The van der Waals surface area contributed by atoms with Gasteiger partial charge in [-0.1, -0.05) is 13.8 Å². The minimum Gasteiger partial charge on any atom is -0.354 e. The third-order valence-corrected chi connectivity index (χ3v) is 3.19. The van der Waals surface area contributed by atoms with Crippen molar-refractivity contribution in [2.75, 3.05) is 19.6 Å². The number of nitrogens with zero attached hydrogens (tertiary/aromatic N) is 1. The van der Waals surface area contributed by atoms with E-state index in [-0.39, 0.29) is 24.4 Å². The minimum atomic E-state index is -0.0220. The summed E-state index contributed by atoms with van der Waals surface area (Å²) in [5.41, 5.74) is 5.84. The van der Waals surface area contributed by atoms with E-state index in [9.17, 15) is 4.79 Å². The van der Waals surface area contributed by atoms with Gasteiger partial charge in [-0.2, -0.15) is 0 Å². The van der Waals surface area contributed by atoms with Crippen LogP contribution in [0.2, 0.25) is 0 Å². The van der Waals surface area contributed by atoms with E-state index in [1.165, 1.54) is 0 Å². The lowest BCUT2D eigenvalue weighted by molar-refractivity contribution is -0.126. The number of rotatable bonds is 4. The summed E-state index contributed by atoms with van der Waals surface area (Å²) in [6, 6.07) is 0.299. The predicted molar refractivity (Wildman–Crippen MR) is 73.3 cm³/mol. The molecule has 0 spiro atoms. The first-order valence-corrected chi connectivity index (χ1v) is 6.28. The van der Waals surface area contributed by atoms with Crippen LogP contribution in [-0.2, 0) is 4.79 Å². The molecule has 5 heteroatoms. The molecule has 0 aromatic rings. The van der Waals surface area contributed by atoms with Crippen LogP contribution in [0.5, 0.6) is 0 Å². The maximum Gasteiger partial charge on any atom is 0.237 e. The third-order valence-electron chi connectivity index (χ3n) is 3.19. The van der Waals surface area contributed by atoms with Crippen molar-refractivity contribution in [3.63, 3.8) is 0 Å². The van der Waals surface area contributed by atoms with Crippen molar-refractivity contribution in [1.82, 2.24) is 10.2 Å². The summed E-state index contributed by atoms with van der Waals surface area (Å²) < 4.78 is 0. The molecule has 0 bridgehead atoms. The smallest absolute Gasteiger partial charge is 0.237 e. The summed E-state index contributed by atoms with van der Waals surface area (Å²) in [6.45, 7) is 8.83. The fraction of sp³-hybridized carbons (Fsp3) is 0.917. The van der Waals surface area contributed by atoms with Crippen LogP contribution in [0, 0.1) is 5.92 Å². The number of carbonyl (C=O) groups is 1. The summed E-state index contributed by atoms with van der Waals surface area (Å²) in [7, 11) is 0. The molecule has 0 radical (unpaired) electrons. The number of halogens is 1. The summed E-state index contributed by atoms with van der Waals surface area (Å²) >= 11 is 0. The molecule has 0 aromatic carbocycles. The highest BCUT2D eigenvalue weighted by Crippen LogP contribution is 2.11. The standard InChI is InChI=1S/C12H25N3O.ClH/c1-9(2)8-14-12(16)10(3)15-6-4-11(13)5-7-15;/h9-11H,4-8,13H2,1-3H3,(H,14,16);1H. The molecule has 1 atom stereocenters. The van der Waals surface area contributed by atoms with Crippen LogP contribution in [0.25, 0.3) is 0 Å². The van der Waals surface area contributed by atoms with Crippen molar-refractivity contribution in [2.45, 2.75) is 45.7 Å². The van der Waals surface area contributed by atoms with Crippen LogP contribution in [-0.4, -0.2) is 42.5 Å². The molecule has 3 N–H and O–H groups in total. The Labute approximate surface area is 111 Å². The van der Waals surface area contributed by atoms with Gasteiger partial charge in [0, 0.05) is 25.7 Å². The van der Waals surface area contributed by atoms with E-state index in [1.54, 1.807) is 0 Å². The van der Waals surface area contributed by atoms with Crippen LogP contribution in [0.4, 0.5) is 0 Å². The van der Waals surface area contributed by atoms with Gasteiger partial charge in [-0.25, -0.2) is 0 Å². The minimum absolute atomic E-state index is 0. The molecule has 17 heavy (non-hydrogen) atoms. The van der Waals surface area contributed by atoms with E-state index in [2.05, 4.69) is 24.1 Å². The molecule has 0 aromatic heterocycles.